The fourth-order valence-electron chi connectivity index (χ4n) is 1.79. The van der Waals surface area contributed by atoms with Gasteiger partial charge in [-0.15, -0.1) is 0 Å². The fraction of sp³-hybridized carbons (Fsp3) is 0.571. The van der Waals surface area contributed by atoms with E-state index in [0.29, 0.717) is 13.2 Å². The minimum Gasteiger partial charge on any atom is -0.494 e. The molecule has 102 valence electrons. The van der Waals surface area contributed by atoms with Crippen molar-refractivity contribution >= 4 is 0 Å². The van der Waals surface area contributed by atoms with Gasteiger partial charge in [0.2, 0.25) is 0 Å². The van der Waals surface area contributed by atoms with Gasteiger partial charge in [-0.05, 0) is 38.1 Å². The molecule has 1 unspecified atom stereocenters. The van der Waals surface area contributed by atoms with Crippen molar-refractivity contribution in [3.05, 3.63) is 29.8 Å². The molecule has 0 radical (unpaired) electrons. The van der Waals surface area contributed by atoms with Gasteiger partial charge in [0.25, 0.3) is 0 Å². The third-order valence-corrected chi connectivity index (χ3v) is 2.80. The molecule has 18 heavy (non-hydrogen) atoms. The molecule has 0 bridgehead atoms. The molecule has 1 aromatic carbocycles. The Labute approximate surface area is 109 Å². The first kappa shape index (κ1) is 15.0. The molecule has 0 heterocycles. The summed E-state index contributed by atoms with van der Waals surface area (Å²) in [6.45, 7) is 4.36. The van der Waals surface area contributed by atoms with Gasteiger partial charge < -0.3 is 20.5 Å². The molecule has 0 saturated carbocycles. The molecule has 0 aliphatic carbocycles. The van der Waals surface area contributed by atoms with Crippen molar-refractivity contribution in [2.45, 2.75) is 19.4 Å². The molecule has 0 aromatic heterocycles. The highest BCUT2D eigenvalue weighted by Gasteiger charge is 2.05. The van der Waals surface area contributed by atoms with Gasteiger partial charge in [-0.2, -0.15) is 0 Å². The molecule has 0 aliphatic heterocycles. The first-order valence-corrected chi connectivity index (χ1v) is 6.42. The zero-order chi connectivity index (χ0) is 13.4. The van der Waals surface area contributed by atoms with Crippen LogP contribution in [0.1, 0.15) is 12.5 Å². The topological polar surface area (TPSA) is 58.7 Å². The standard InChI is InChI=1S/C14H24N2O2/c1-3-18-14-6-4-12(5-7-14)8-9-16(2)10-13(15)11-17/h4-7,13,17H,3,8-11,15H2,1-2H3. The van der Waals surface area contributed by atoms with Crippen LogP contribution in [-0.2, 0) is 6.42 Å². The van der Waals surface area contributed by atoms with Gasteiger partial charge >= 0.3 is 0 Å². The van der Waals surface area contributed by atoms with E-state index in [1.165, 1.54) is 5.56 Å². The summed E-state index contributed by atoms with van der Waals surface area (Å²) in [5.41, 5.74) is 6.97. The highest BCUT2D eigenvalue weighted by atomic mass is 16.5. The number of aliphatic hydroxyl groups is 1. The molecule has 3 N–H and O–H groups in total. The first-order valence-electron chi connectivity index (χ1n) is 6.42. The Kier molecular flexibility index (Phi) is 6.72. The Morgan fingerprint density at radius 2 is 2.00 bits per heavy atom. The summed E-state index contributed by atoms with van der Waals surface area (Å²) >= 11 is 0. The summed E-state index contributed by atoms with van der Waals surface area (Å²) in [4.78, 5) is 2.14. The second kappa shape index (κ2) is 8.08. The lowest BCUT2D eigenvalue weighted by molar-refractivity contribution is 0.222. The van der Waals surface area contributed by atoms with Gasteiger partial charge in [-0.25, -0.2) is 0 Å². The van der Waals surface area contributed by atoms with Crippen molar-refractivity contribution < 1.29 is 9.84 Å². The van der Waals surface area contributed by atoms with Crippen LogP contribution in [0.2, 0.25) is 0 Å². The monoisotopic (exact) mass is 252 g/mol. The van der Waals surface area contributed by atoms with Gasteiger partial charge in [-0.1, -0.05) is 12.1 Å². The molecule has 0 amide bonds. The van der Waals surface area contributed by atoms with Crippen LogP contribution in [0.25, 0.3) is 0 Å². The van der Waals surface area contributed by atoms with Crippen molar-refractivity contribution in [1.82, 2.24) is 4.90 Å². The zero-order valence-corrected chi connectivity index (χ0v) is 11.3. The maximum absolute atomic E-state index is 8.88. The van der Waals surface area contributed by atoms with Crippen molar-refractivity contribution in [3.8, 4) is 5.75 Å². The number of nitrogens with zero attached hydrogens (tertiary/aromatic N) is 1. The van der Waals surface area contributed by atoms with E-state index in [4.69, 9.17) is 15.6 Å². The first-order chi connectivity index (χ1) is 8.65. The van der Waals surface area contributed by atoms with Crippen molar-refractivity contribution in [2.75, 3.05) is 33.4 Å². The number of nitrogens with two attached hydrogens (primary N) is 1. The van der Waals surface area contributed by atoms with Gasteiger partial charge in [-0.3, -0.25) is 0 Å². The number of likely N-dealkylation sites (N-methyl/N-ethyl adjacent to an activating group) is 1. The van der Waals surface area contributed by atoms with Crippen molar-refractivity contribution in [3.63, 3.8) is 0 Å². The maximum atomic E-state index is 8.88. The number of ether oxygens (including phenoxy) is 1. The summed E-state index contributed by atoms with van der Waals surface area (Å²) < 4.78 is 5.40. The number of hydrogen-bond donors (Lipinski definition) is 2. The molecular weight excluding hydrogens is 228 g/mol. The quantitative estimate of drug-likeness (QED) is 0.721. The van der Waals surface area contributed by atoms with E-state index >= 15 is 0 Å². The van der Waals surface area contributed by atoms with Gasteiger partial charge in [0.1, 0.15) is 5.75 Å². The van der Waals surface area contributed by atoms with Crippen LogP contribution in [0.3, 0.4) is 0 Å². The number of aliphatic hydroxyl groups excluding tert-OH is 1. The number of rotatable bonds is 8. The Balaban J connectivity index is 2.34. The maximum Gasteiger partial charge on any atom is 0.119 e. The van der Waals surface area contributed by atoms with E-state index in [0.717, 1.165) is 18.7 Å². The molecule has 0 aliphatic rings. The van der Waals surface area contributed by atoms with E-state index in [2.05, 4.69) is 17.0 Å². The van der Waals surface area contributed by atoms with Gasteiger partial charge in [0, 0.05) is 19.1 Å². The average Bonchev–Trinajstić information content (AvgIpc) is 2.38. The zero-order valence-electron chi connectivity index (χ0n) is 11.3. The molecule has 4 nitrogen and oxygen atoms in total. The highest BCUT2D eigenvalue weighted by molar-refractivity contribution is 5.27. The minimum atomic E-state index is -0.157. The van der Waals surface area contributed by atoms with Crippen LogP contribution in [-0.4, -0.2) is 49.4 Å². The molecule has 0 spiro atoms. The third kappa shape index (κ3) is 5.49. The molecular formula is C14H24N2O2. The average molecular weight is 252 g/mol. The number of hydrogen-bond acceptors (Lipinski definition) is 4. The van der Waals surface area contributed by atoms with Crippen LogP contribution in [0.4, 0.5) is 0 Å². The summed E-state index contributed by atoms with van der Waals surface area (Å²) in [6.07, 6.45) is 0.973. The lowest BCUT2D eigenvalue weighted by atomic mass is 10.1. The summed E-state index contributed by atoms with van der Waals surface area (Å²) in [5.74, 6) is 0.914. The second-order valence-corrected chi connectivity index (χ2v) is 4.53. The van der Waals surface area contributed by atoms with E-state index in [-0.39, 0.29) is 12.6 Å². The fourth-order valence-corrected chi connectivity index (χ4v) is 1.79. The van der Waals surface area contributed by atoms with E-state index in [1.54, 1.807) is 0 Å². The van der Waals surface area contributed by atoms with Crippen LogP contribution >= 0.6 is 0 Å². The summed E-state index contributed by atoms with van der Waals surface area (Å²) in [7, 11) is 2.02. The Morgan fingerprint density at radius 1 is 1.33 bits per heavy atom. The summed E-state index contributed by atoms with van der Waals surface area (Å²) in [5, 5.41) is 8.88. The highest BCUT2D eigenvalue weighted by Crippen LogP contribution is 2.12. The lowest BCUT2D eigenvalue weighted by Crippen LogP contribution is -2.38. The van der Waals surface area contributed by atoms with Crippen LogP contribution in [0.15, 0.2) is 24.3 Å². The summed E-state index contributed by atoms with van der Waals surface area (Å²) in [6, 6.07) is 8.02. The molecule has 4 heteroatoms. The van der Waals surface area contributed by atoms with Crippen LogP contribution in [0, 0.1) is 0 Å². The molecule has 1 atom stereocenters. The third-order valence-electron chi connectivity index (χ3n) is 2.80. The van der Waals surface area contributed by atoms with Gasteiger partial charge in [0.15, 0.2) is 0 Å². The van der Waals surface area contributed by atoms with E-state index < -0.39 is 0 Å². The smallest absolute Gasteiger partial charge is 0.119 e. The Morgan fingerprint density at radius 3 is 2.56 bits per heavy atom. The molecule has 0 fully saturated rings. The minimum absolute atomic E-state index is 0.0351. The number of benzene rings is 1. The molecule has 1 aromatic rings. The molecule has 0 saturated heterocycles. The Hall–Kier alpha value is -1.10. The van der Waals surface area contributed by atoms with Crippen molar-refractivity contribution in [1.29, 1.82) is 0 Å². The van der Waals surface area contributed by atoms with Crippen LogP contribution in [0.5, 0.6) is 5.75 Å². The Bertz CT molecular complexity index is 327. The van der Waals surface area contributed by atoms with E-state index in [1.807, 2.05) is 26.1 Å². The SMILES string of the molecule is CCOc1ccc(CCN(C)CC(N)CO)cc1. The predicted octanol–water partition coefficient (Wildman–Crippen LogP) is 0.879. The van der Waals surface area contributed by atoms with E-state index in [9.17, 15) is 0 Å². The predicted molar refractivity (Wildman–Crippen MR) is 73.9 cm³/mol. The lowest BCUT2D eigenvalue weighted by Gasteiger charge is -2.19. The normalized spacial score (nSPS) is 12.7. The largest absolute Gasteiger partial charge is 0.494 e. The second-order valence-electron chi connectivity index (χ2n) is 4.53. The van der Waals surface area contributed by atoms with Gasteiger partial charge in [0.05, 0.1) is 13.2 Å². The molecule has 1 rings (SSSR count). The van der Waals surface area contributed by atoms with Crippen molar-refractivity contribution in [2.24, 2.45) is 5.73 Å². The van der Waals surface area contributed by atoms with Crippen LogP contribution < -0.4 is 10.5 Å².